The van der Waals surface area contributed by atoms with Gasteiger partial charge >= 0.3 is 0 Å². The molecule has 0 aliphatic carbocycles. The standard InChI is InChI=1S/C22H19N3/c1-15-11-16(2)13-17(12-15)24-14-25-19-8-5-4-7-18(19)23(3)20-9-6-10-21(24)22(20)25/h4-13H,1-3H3. The van der Waals surface area contributed by atoms with Gasteiger partial charge in [-0.05, 0) is 44.2 Å². The third-order valence-electron chi connectivity index (χ3n) is 4.97. The molecule has 122 valence electrons. The van der Waals surface area contributed by atoms with E-state index in [0.29, 0.717) is 0 Å². The highest BCUT2D eigenvalue weighted by atomic mass is 15.2. The fraction of sp³-hybridized carbons (Fsp3) is 0.136. The van der Waals surface area contributed by atoms with Crippen molar-refractivity contribution < 1.29 is 4.57 Å². The molecule has 4 aromatic rings. The quantitative estimate of drug-likeness (QED) is 0.373. The molecule has 0 unspecified atom stereocenters. The zero-order valence-electron chi connectivity index (χ0n) is 14.6. The maximum Gasteiger partial charge on any atom is 0.269 e. The van der Waals surface area contributed by atoms with Gasteiger partial charge in [0.15, 0.2) is 0 Å². The molecule has 25 heavy (non-hydrogen) atoms. The molecule has 3 heteroatoms. The minimum atomic E-state index is 1.15. The van der Waals surface area contributed by atoms with Gasteiger partial charge in [0.2, 0.25) is 0 Å². The van der Waals surface area contributed by atoms with E-state index in [4.69, 9.17) is 0 Å². The molecule has 0 saturated heterocycles. The van der Waals surface area contributed by atoms with Crippen LogP contribution in [0.3, 0.4) is 0 Å². The van der Waals surface area contributed by atoms with Crippen molar-refractivity contribution in [2.24, 2.45) is 0 Å². The molecule has 0 radical (unpaired) electrons. The van der Waals surface area contributed by atoms with Gasteiger partial charge in [-0.25, -0.2) is 0 Å². The zero-order valence-corrected chi connectivity index (χ0v) is 14.6. The van der Waals surface area contributed by atoms with E-state index in [1.165, 1.54) is 33.5 Å². The lowest BCUT2D eigenvalue weighted by atomic mass is 10.1. The summed E-state index contributed by atoms with van der Waals surface area (Å²) in [6, 6.07) is 21.6. The van der Waals surface area contributed by atoms with Gasteiger partial charge < -0.3 is 4.90 Å². The highest BCUT2D eigenvalue weighted by Crippen LogP contribution is 2.37. The fourth-order valence-corrected chi connectivity index (χ4v) is 3.92. The largest absolute Gasteiger partial charge is 0.351 e. The molecule has 3 nitrogen and oxygen atoms in total. The van der Waals surface area contributed by atoms with E-state index < -0.39 is 0 Å². The first-order chi connectivity index (χ1) is 12.1. The Balaban J connectivity index is 1.89. The second-order valence-corrected chi connectivity index (χ2v) is 6.81. The molecule has 1 aliphatic rings. The van der Waals surface area contributed by atoms with Crippen molar-refractivity contribution >= 4 is 22.4 Å². The molecule has 0 fully saturated rings. The van der Waals surface area contributed by atoms with Gasteiger partial charge in [0.25, 0.3) is 6.33 Å². The van der Waals surface area contributed by atoms with Crippen LogP contribution in [-0.2, 0) is 0 Å². The minimum Gasteiger partial charge on any atom is -0.351 e. The van der Waals surface area contributed by atoms with Gasteiger partial charge in [-0.3, -0.25) is 9.13 Å². The van der Waals surface area contributed by atoms with Crippen molar-refractivity contribution in [3.8, 4) is 11.4 Å². The average molecular weight is 325 g/mol. The Morgan fingerprint density at radius 2 is 1.56 bits per heavy atom. The maximum absolute atomic E-state index is 3.59. The van der Waals surface area contributed by atoms with Crippen LogP contribution in [0.1, 0.15) is 11.1 Å². The Morgan fingerprint density at radius 3 is 2.36 bits per heavy atom. The lowest BCUT2D eigenvalue weighted by Crippen LogP contribution is -2.36. The van der Waals surface area contributed by atoms with Crippen LogP contribution in [-0.4, -0.2) is 11.6 Å². The lowest BCUT2D eigenvalue weighted by molar-refractivity contribution is -0.572. The van der Waals surface area contributed by atoms with Gasteiger partial charge in [0.1, 0.15) is 5.52 Å². The van der Waals surface area contributed by atoms with Crippen LogP contribution in [0.4, 0.5) is 11.4 Å². The number of nitrogens with zero attached hydrogens (tertiary/aromatic N) is 3. The SMILES string of the molecule is Cc1cc(C)cc(-n2[c-][n+]3c4c(cccc42)N(C)c2ccccc2-3)c1. The van der Waals surface area contributed by atoms with Gasteiger partial charge in [0, 0.05) is 12.7 Å². The van der Waals surface area contributed by atoms with Gasteiger partial charge in [-0.2, -0.15) is 0 Å². The molecule has 1 aromatic heterocycles. The Morgan fingerprint density at radius 1 is 0.840 bits per heavy atom. The fourth-order valence-electron chi connectivity index (χ4n) is 3.92. The highest BCUT2D eigenvalue weighted by molar-refractivity contribution is 5.92. The number of benzene rings is 3. The Kier molecular flexibility index (Phi) is 2.84. The minimum absolute atomic E-state index is 1.15. The van der Waals surface area contributed by atoms with Crippen LogP contribution in [0.2, 0.25) is 0 Å². The number of aromatic nitrogens is 2. The summed E-state index contributed by atoms with van der Waals surface area (Å²) in [5, 5.41) is 0. The number of anilines is 2. The molecule has 1 aliphatic heterocycles. The van der Waals surface area contributed by atoms with Crippen LogP contribution in [0.5, 0.6) is 0 Å². The van der Waals surface area contributed by atoms with Crippen molar-refractivity contribution in [3.63, 3.8) is 0 Å². The van der Waals surface area contributed by atoms with Crippen molar-refractivity contribution in [1.82, 2.24) is 4.57 Å². The van der Waals surface area contributed by atoms with Crippen molar-refractivity contribution in [1.29, 1.82) is 0 Å². The number of para-hydroxylation sites is 3. The summed E-state index contributed by atoms with van der Waals surface area (Å²) in [4.78, 5) is 2.26. The number of imidazole rings is 1. The van der Waals surface area contributed by atoms with E-state index >= 15 is 0 Å². The van der Waals surface area contributed by atoms with Crippen LogP contribution in [0, 0.1) is 20.2 Å². The van der Waals surface area contributed by atoms with Gasteiger partial charge in [-0.1, -0.05) is 41.5 Å². The molecule has 0 N–H and O–H groups in total. The molecule has 3 aromatic carbocycles. The van der Waals surface area contributed by atoms with Crippen LogP contribution >= 0.6 is 0 Å². The summed E-state index contributed by atoms with van der Waals surface area (Å²) in [5.74, 6) is 0. The third kappa shape index (κ3) is 1.96. The Hall–Kier alpha value is -3.07. The van der Waals surface area contributed by atoms with Crippen molar-refractivity contribution in [2.45, 2.75) is 13.8 Å². The summed E-state index contributed by atoms with van der Waals surface area (Å²) < 4.78 is 4.37. The molecular weight excluding hydrogens is 306 g/mol. The smallest absolute Gasteiger partial charge is 0.269 e. The molecule has 0 spiro atoms. The number of rotatable bonds is 1. The predicted molar refractivity (Wildman–Crippen MR) is 101 cm³/mol. The maximum atomic E-state index is 3.59. The molecule has 0 saturated carbocycles. The number of aryl methyl sites for hydroxylation is 2. The number of hydrogen-bond acceptors (Lipinski definition) is 1. The van der Waals surface area contributed by atoms with Crippen LogP contribution in [0.25, 0.3) is 22.4 Å². The molecule has 0 bridgehead atoms. The molecule has 2 heterocycles. The zero-order chi connectivity index (χ0) is 17.1. The van der Waals surface area contributed by atoms with Crippen molar-refractivity contribution in [2.75, 3.05) is 11.9 Å². The van der Waals surface area contributed by atoms with Gasteiger partial charge in [0.05, 0.1) is 22.6 Å². The third-order valence-corrected chi connectivity index (χ3v) is 4.97. The van der Waals surface area contributed by atoms with E-state index in [2.05, 4.69) is 102 Å². The van der Waals surface area contributed by atoms with E-state index in [1.807, 2.05) is 0 Å². The summed E-state index contributed by atoms with van der Waals surface area (Å²) in [6.07, 6.45) is 3.59. The molecule has 5 rings (SSSR count). The van der Waals surface area contributed by atoms with E-state index in [1.54, 1.807) is 0 Å². The normalized spacial score (nSPS) is 12.5. The molecular formula is C22H19N3. The van der Waals surface area contributed by atoms with Crippen molar-refractivity contribution in [3.05, 3.63) is 78.1 Å². The monoisotopic (exact) mass is 325 g/mol. The van der Waals surface area contributed by atoms with Crippen LogP contribution < -0.4 is 9.47 Å². The van der Waals surface area contributed by atoms with E-state index in [0.717, 1.165) is 11.4 Å². The highest BCUT2D eigenvalue weighted by Gasteiger charge is 2.24. The van der Waals surface area contributed by atoms with Crippen LogP contribution in [0.15, 0.2) is 60.7 Å². The predicted octanol–water partition coefficient (Wildman–Crippen LogP) is 4.41. The number of hydrogen-bond donors (Lipinski definition) is 0. The summed E-state index contributed by atoms with van der Waals surface area (Å²) in [5.41, 5.74) is 9.61. The lowest BCUT2D eigenvalue weighted by Gasteiger charge is -2.28. The second-order valence-electron chi connectivity index (χ2n) is 6.81. The first kappa shape index (κ1) is 14.3. The van der Waals surface area contributed by atoms with Gasteiger partial charge in [-0.15, -0.1) is 0 Å². The Labute approximate surface area is 147 Å². The molecule has 0 amide bonds. The topological polar surface area (TPSA) is 12.0 Å². The first-order valence-corrected chi connectivity index (χ1v) is 8.54. The number of fused-ring (bicyclic) bond motifs is 2. The summed E-state index contributed by atoms with van der Waals surface area (Å²) in [6.45, 7) is 4.28. The molecule has 0 atom stereocenters. The Bertz CT molecular complexity index is 1120. The van der Waals surface area contributed by atoms with E-state index in [-0.39, 0.29) is 0 Å². The summed E-state index contributed by atoms with van der Waals surface area (Å²) in [7, 11) is 2.13. The second kappa shape index (κ2) is 4.96. The average Bonchev–Trinajstić information content (AvgIpc) is 2.99. The summed E-state index contributed by atoms with van der Waals surface area (Å²) >= 11 is 0. The van der Waals surface area contributed by atoms with E-state index in [9.17, 15) is 0 Å². The first-order valence-electron chi connectivity index (χ1n) is 8.54.